The zero-order chi connectivity index (χ0) is 24.3. The highest BCUT2D eigenvalue weighted by molar-refractivity contribution is 5.98. The highest BCUT2D eigenvalue weighted by Crippen LogP contribution is 2.35. The Hall–Kier alpha value is -3.49. The molecule has 0 unspecified atom stereocenters. The predicted octanol–water partition coefficient (Wildman–Crippen LogP) is 4.48. The third kappa shape index (κ3) is 5.47. The van der Waals surface area contributed by atoms with Crippen LogP contribution in [0.5, 0.6) is 0 Å². The number of hydrogen-bond acceptors (Lipinski definition) is 5. The zero-order valence-corrected chi connectivity index (χ0v) is 18.9. The lowest BCUT2D eigenvalue weighted by Crippen LogP contribution is -2.47. The van der Waals surface area contributed by atoms with Crippen LogP contribution in [0.3, 0.4) is 0 Å². The summed E-state index contributed by atoms with van der Waals surface area (Å²) >= 11 is 0. The van der Waals surface area contributed by atoms with Crippen LogP contribution < -0.4 is 5.32 Å². The maximum atomic E-state index is 14.6. The molecule has 2 atom stereocenters. The van der Waals surface area contributed by atoms with Crippen LogP contribution in [-0.2, 0) is 14.3 Å². The van der Waals surface area contributed by atoms with Crippen molar-refractivity contribution < 1.29 is 32.6 Å². The lowest BCUT2D eigenvalue weighted by molar-refractivity contribution is -0.120. The summed E-state index contributed by atoms with van der Waals surface area (Å²) in [5.74, 6) is -4.17. The van der Waals surface area contributed by atoms with E-state index < -0.39 is 52.5 Å². The van der Waals surface area contributed by atoms with Gasteiger partial charge in [0.05, 0.1) is 18.4 Å². The van der Waals surface area contributed by atoms with E-state index in [2.05, 4.69) is 10.1 Å². The van der Waals surface area contributed by atoms with E-state index in [1.165, 1.54) is 4.90 Å². The molecular weight excluding hydrogens is 434 g/mol. The molecule has 33 heavy (non-hydrogen) atoms. The molecule has 1 N–H and O–H groups in total. The molecule has 2 aromatic carbocycles. The second kappa shape index (κ2) is 9.56. The summed E-state index contributed by atoms with van der Waals surface area (Å²) in [5, 5.41) is 2.37. The normalized spacial score (nSPS) is 18.1. The maximum Gasteiger partial charge on any atom is 0.410 e. The van der Waals surface area contributed by atoms with Gasteiger partial charge in [0.2, 0.25) is 5.91 Å². The van der Waals surface area contributed by atoms with Crippen LogP contribution in [0, 0.1) is 11.6 Å². The molecule has 1 heterocycles. The number of carbonyl (C=O) groups is 3. The van der Waals surface area contributed by atoms with Crippen LogP contribution in [0.25, 0.3) is 0 Å². The maximum absolute atomic E-state index is 14.6. The fourth-order valence-corrected chi connectivity index (χ4v) is 3.81. The van der Waals surface area contributed by atoms with Crippen molar-refractivity contribution in [1.82, 2.24) is 4.90 Å². The van der Waals surface area contributed by atoms with E-state index in [9.17, 15) is 23.2 Å². The molecule has 3 rings (SSSR count). The molecule has 1 aliphatic rings. The van der Waals surface area contributed by atoms with Crippen LogP contribution in [0.1, 0.15) is 49.0 Å². The van der Waals surface area contributed by atoms with Gasteiger partial charge in [0, 0.05) is 18.5 Å². The Labute approximate surface area is 190 Å². The SMILES string of the molecule is COC(=O)c1cc(F)c(NC(=O)[C@@H]2[C@@H](c3ccccc3)CCN2C(=O)OC(C)(C)C)cc1F. The van der Waals surface area contributed by atoms with Gasteiger partial charge in [-0.25, -0.2) is 18.4 Å². The van der Waals surface area contributed by atoms with Crippen LogP contribution >= 0.6 is 0 Å². The third-order valence-electron chi connectivity index (χ3n) is 5.24. The minimum atomic E-state index is -1.05. The molecule has 0 aliphatic carbocycles. The number of anilines is 1. The van der Waals surface area contributed by atoms with Crippen molar-refractivity contribution in [3.8, 4) is 0 Å². The van der Waals surface area contributed by atoms with Gasteiger partial charge in [0.15, 0.2) is 0 Å². The van der Waals surface area contributed by atoms with Gasteiger partial charge in [-0.1, -0.05) is 30.3 Å². The van der Waals surface area contributed by atoms with E-state index in [-0.39, 0.29) is 12.5 Å². The Morgan fingerprint density at radius 3 is 2.33 bits per heavy atom. The van der Waals surface area contributed by atoms with E-state index in [1.807, 2.05) is 30.3 Å². The number of amides is 2. The van der Waals surface area contributed by atoms with Gasteiger partial charge in [0.25, 0.3) is 0 Å². The number of likely N-dealkylation sites (tertiary alicyclic amines) is 1. The van der Waals surface area contributed by atoms with E-state index in [4.69, 9.17) is 4.74 Å². The smallest absolute Gasteiger partial charge is 0.410 e. The van der Waals surface area contributed by atoms with Crippen LogP contribution in [0.2, 0.25) is 0 Å². The molecule has 0 spiro atoms. The first-order valence-electron chi connectivity index (χ1n) is 10.4. The van der Waals surface area contributed by atoms with Crippen LogP contribution in [0.15, 0.2) is 42.5 Å². The molecule has 9 heteroatoms. The Balaban J connectivity index is 1.92. The molecule has 0 radical (unpaired) electrons. The van der Waals surface area contributed by atoms with Gasteiger partial charge < -0.3 is 14.8 Å². The lowest BCUT2D eigenvalue weighted by atomic mass is 9.91. The summed E-state index contributed by atoms with van der Waals surface area (Å²) in [6.45, 7) is 5.40. The van der Waals surface area contributed by atoms with Crippen molar-refractivity contribution >= 4 is 23.7 Å². The van der Waals surface area contributed by atoms with Gasteiger partial charge in [-0.05, 0) is 38.8 Å². The van der Waals surface area contributed by atoms with Crippen molar-refractivity contribution in [3.05, 3.63) is 65.2 Å². The van der Waals surface area contributed by atoms with Crippen LogP contribution in [-0.4, -0.2) is 48.2 Å². The molecule has 0 saturated carbocycles. The monoisotopic (exact) mass is 460 g/mol. The summed E-state index contributed by atoms with van der Waals surface area (Å²) in [6, 6.07) is 9.52. The number of nitrogens with one attached hydrogen (secondary N) is 1. The third-order valence-corrected chi connectivity index (χ3v) is 5.24. The summed E-state index contributed by atoms with van der Waals surface area (Å²) in [6.07, 6.45) is -0.187. The second-order valence-electron chi connectivity index (χ2n) is 8.72. The Bertz CT molecular complexity index is 1050. The Morgan fingerprint density at radius 1 is 1.06 bits per heavy atom. The number of carbonyl (C=O) groups excluding carboxylic acids is 3. The minimum Gasteiger partial charge on any atom is -0.465 e. The molecule has 2 aromatic rings. The minimum absolute atomic E-state index is 0.255. The number of methoxy groups -OCH3 is 1. The number of halogens is 2. The highest BCUT2D eigenvalue weighted by atomic mass is 19.1. The number of esters is 1. The van der Waals surface area contributed by atoms with Gasteiger partial charge in [-0.3, -0.25) is 9.69 Å². The molecule has 7 nitrogen and oxygen atoms in total. The standard InChI is InChI=1S/C24H26F2N2O5/c1-24(2,3)33-23(31)28-11-10-15(14-8-6-5-7-9-14)20(28)21(29)27-19-13-17(25)16(12-18(19)26)22(30)32-4/h5-9,12-13,15,20H,10-11H2,1-4H3,(H,27,29)/t15-,20+/m1/s1. The van der Waals surface area contributed by atoms with Gasteiger partial charge in [0.1, 0.15) is 23.3 Å². The second-order valence-corrected chi connectivity index (χ2v) is 8.72. The molecule has 1 aliphatic heterocycles. The number of hydrogen-bond donors (Lipinski definition) is 1. The topological polar surface area (TPSA) is 84.9 Å². The number of rotatable bonds is 4. The summed E-state index contributed by atoms with van der Waals surface area (Å²) in [7, 11) is 1.05. The molecule has 0 aromatic heterocycles. The zero-order valence-electron chi connectivity index (χ0n) is 18.9. The summed E-state index contributed by atoms with van der Waals surface area (Å²) in [5.41, 5.74) is -0.988. The molecule has 1 saturated heterocycles. The molecule has 1 fully saturated rings. The fourth-order valence-electron chi connectivity index (χ4n) is 3.81. The summed E-state index contributed by atoms with van der Waals surface area (Å²) in [4.78, 5) is 39.0. The van der Waals surface area contributed by atoms with Gasteiger partial charge >= 0.3 is 12.1 Å². The predicted molar refractivity (Wildman–Crippen MR) is 117 cm³/mol. The largest absolute Gasteiger partial charge is 0.465 e. The lowest BCUT2D eigenvalue weighted by Gasteiger charge is -2.30. The first-order chi connectivity index (χ1) is 15.5. The van der Waals surface area contributed by atoms with Crippen molar-refractivity contribution in [2.45, 2.75) is 44.8 Å². The average molecular weight is 460 g/mol. The quantitative estimate of drug-likeness (QED) is 0.680. The van der Waals surface area contributed by atoms with E-state index in [0.29, 0.717) is 18.6 Å². The van der Waals surface area contributed by atoms with E-state index >= 15 is 0 Å². The Morgan fingerprint density at radius 2 is 1.73 bits per heavy atom. The first-order valence-corrected chi connectivity index (χ1v) is 10.4. The van der Waals surface area contributed by atoms with Gasteiger partial charge in [-0.15, -0.1) is 0 Å². The van der Waals surface area contributed by atoms with Crippen LogP contribution in [0.4, 0.5) is 19.3 Å². The van der Waals surface area contributed by atoms with Gasteiger partial charge in [-0.2, -0.15) is 0 Å². The fraction of sp³-hybridized carbons (Fsp3) is 0.375. The van der Waals surface area contributed by atoms with Crippen molar-refractivity contribution in [1.29, 1.82) is 0 Å². The average Bonchev–Trinajstić information content (AvgIpc) is 3.20. The molecule has 0 bridgehead atoms. The van der Waals surface area contributed by atoms with E-state index in [1.54, 1.807) is 20.8 Å². The van der Waals surface area contributed by atoms with Crippen molar-refractivity contribution in [2.75, 3.05) is 19.0 Å². The number of nitrogens with zero attached hydrogens (tertiary/aromatic N) is 1. The summed E-state index contributed by atoms with van der Waals surface area (Å²) < 4.78 is 38.8. The van der Waals surface area contributed by atoms with Crippen molar-refractivity contribution in [2.24, 2.45) is 0 Å². The molecule has 2 amide bonds. The molecular formula is C24H26F2N2O5. The number of benzene rings is 2. The first kappa shape index (κ1) is 24.2. The Kier molecular flexibility index (Phi) is 7.00. The number of ether oxygens (including phenoxy) is 2. The van der Waals surface area contributed by atoms with Crippen molar-refractivity contribution in [3.63, 3.8) is 0 Å². The van der Waals surface area contributed by atoms with E-state index in [0.717, 1.165) is 12.7 Å². The molecule has 176 valence electrons. The highest BCUT2D eigenvalue weighted by Gasteiger charge is 2.44.